The molecule has 0 bridgehead atoms. The maximum atomic E-state index is 13.6. The summed E-state index contributed by atoms with van der Waals surface area (Å²) in [5.74, 6) is -0.0575. The summed E-state index contributed by atoms with van der Waals surface area (Å²) < 4.78 is 10.6. The number of nitrogens with one attached hydrogen (secondary N) is 3. The highest BCUT2D eigenvalue weighted by Gasteiger charge is 2.21. The third kappa shape index (κ3) is 7.25. The van der Waals surface area contributed by atoms with E-state index >= 15 is 0 Å². The van der Waals surface area contributed by atoms with Gasteiger partial charge in [-0.25, -0.2) is 0 Å². The maximum Gasteiger partial charge on any atom is 0.251 e. The Hall–Kier alpha value is -4.59. The fourth-order valence-corrected chi connectivity index (χ4v) is 5.63. The summed E-state index contributed by atoms with van der Waals surface area (Å²) >= 11 is 0. The number of fused-ring (bicyclic) bond motifs is 2. The summed E-state index contributed by atoms with van der Waals surface area (Å²) in [5.41, 5.74) is 2.76. The SMILES string of the molecule is CNC[C@H](Cc1ccc2ccccc2c1)NC[C@H](Cc1cccc2ccccc12)NC(=O)c1cc(OC)c(O)c(OC)c1. The van der Waals surface area contributed by atoms with Crippen molar-refractivity contribution < 1.29 is 19.4 Å². The molecule has 7 nitrogen and oxygen atoms in total. The molecule has 1 amide bonds. The lowest BCUT2D eigenvalue weighted by Crippen LogP contribution is -2.48. The molecule has 0 saturated heterocycles. The van der Waals surface area contributed by atoms with Crippen LogP contribution in [0.1, 0.15) is 21.5 Å². The Bertz CT molecular complexity index is 1670. The van der Waals surface area contributed by atoms with Crippen LogP contribution in [-0.2, 0) is 12.8 Å². The van der Waals surface area contributed by atoms with Crippen LogP contribution < -0.4 is 25.4 Å². The quantitative estimate of drug-likeness (QED) is 0.148. The normalized spacial score (nSPS) is 12.6. The van der Waals surface area contributed by atoms with Crippen molar-refractivity contribution in [2.24, 2.45) is 0 Å². The molecule has 4 N–H and O–H groups in total. The zero-order chi connectivity index (χ0) is 30.2. The number of phenols is 1. The molecule has 5 aromatic carbocycles. The smallest absolute Gasteiger partial charge is 0.251 e. The van der Waals surface area contributed by atoms with E-state index in [0.717, 1.165) is 23.9 Å². The third-order valence-corrected chi connectivity index (χ3v) is 7.82. The highest BCUT2D eigenvalue weighted by Crippen LogP contribution is 2.37. The second kappa shape index (κ2) is 14.1. The number of benzene rings is 5. The van der Waals surface area contributed by atoms with E-state index in [2.05, 4.69) is 88.7 Å². The number of amides is 1. The van der Waals surface area contributed by atoms with Crippen LogP contribution in [0.2, 0.25) is 0 Å². The Balaban J connectivity index is 1.38. The van der Waals surface area contributed by atoms with E-state index in [9.17, 15) is 9.90 Å². The molecule has 0 heterocycles. The Labute approximate surface area is 252 Å². The molecule has 7 heteroatoms. The topological polar surface area (TPSA) is 91.9 Å². The number of carbonyl (C=O) groups is 1. The molecular weight excluding hydrogens is 538 g/mol. The summed E-state index contributed by atoms with van der Waals surface area (Å²) in [5, 5.41) is 25.4. The first-order chi connectivity index (χ1) is 21.0. The van der Waals surface area contributed by atoms with E-state index in [0.29, 0.717) is 18.5 Å². The molecule has 0 saturated carbocycles. The Morgan fingerprint density at radius 1 is 0.744 bits per heavy atom. The van der Waals surface area contributed by atoms with E-state index in [1.54, 1.807) is 0 Å². The standard InChI is InChI=1S/C36H39N3O4/c1-37-22-30(18-24-15-16-25-9-4-5-11-27(25)17-24)38-23-31(19-28-13-8-12-26-10-6-7-14-32(26)28)39-36(41)29-20-33(42-2)35(40)34(21-29)43-3/h4-17,20-21,30-31,37-38,40H,18-19,22-23H2,1-3H3,(H,39,41)/t30-,31-/m0/s1. The van der Waals surface area contributed by atoms with Gasteiger partial charge in [-0.3, -0.25) is 4.79 Å². The molecule has 2 atom stereocenters. The second-order valence-corrected chi connectivity index (χ2v) is 10.8. The van der Waals surface area contributed by atoms with Crippen molar-refractivity contribution in [3.05, 3.63) is 114 Å². The number of hydrogen-bond donors (Lipinski definition) is 4. The first-order valence-corrected chi connectivity index (χ1v) is 14.6. The van der Waals surface area contributed by atoms with E-state index in [-0.39, 0.29) is 35.2 Å². The van der Waals surface area contributed by atoms with Gasteiger partial charge in [-0.15, -0.1) is 0 Å². The highest BCUT2D eigenvalue weighted by atomic mass is 16.5. The van der Waals surface area contributed by atoms with Crippen LogP contribution in [0.25, 0.3) is 21.5 Å². The van der Waals surface area contributed by atoms with Crippen LogP contribution in [0.4, 0.5) is 0 Å². The minimum Gasteiger partial charge on any atom is -0.502 e. The van der Waals surface area contributed by atoms with Gasteiger partial charge in [0.15, 0.2) is 11.5 Å². The minimum atomic E-state index is -0.275. The number of methoxy groups -OCH3 is 2. The molecule has 0 aliphatic rings. The van der Waals surface area contributed by atoms with Gasteiger partial charge in [0.25, 0.3) is 5.91 Å². The van der Waals surface area contributed by atoms with Crippen molar-refractivity contribution in [1.29, 1.82) is 0 Å². The summed E-state index contributed by atoms with van der Waals surface area (Å²) in [6, 6.07) is 32.6. The molecular formula is C36H39N3O4. The van der Waals surface area contributed by atoms with Gasteiger partial charge in [0.2, 0.25) is 5.75 Å². The molecule has 0 unspecified atom stereocenters. The Morgan fingerprint density at radius 3 is 2.14 bits per heavy atom. The van der Waals surface area contributed by atoms with Crippen molar-refractivity contribution in [1.82, 2.24) is 16.0 Å². The van der Waals surface area contributed by atoms with Gasteiger partial charge < -0.3 is 30.5 Å². The number of rotatable bonds is 13. The molecule has 43 heavy (non-hydrogen) atoms. The summed E-state index contributed by atoms with van der Waals surface area (Å²) in [6.07, 6.45) is 1.47. The van der Waals surface area contributed by atoms with Gasteiger partial charge in [-0.2, -0.15) is 0 Å². The largest absolute Gasteiger partial charge is 0.502 e. The molecule has 222 valence electrons. The summed E-state index contributed by atoms with van der Waals surface area (Å²) in [6.45, 7) is 1.33. The van der Waals surface area contributed by atoms with Gasteiger partial charge in [-0.1, -0.05) is 84.9 Å². The van der Waals surface area contributed by atoms with E-state index in [1.807, 2.05) is 19.2 Å². The predicted molar refractivity (Wildman–Crippen MR) is 173 cm³/mol. The fraction of sp³-hybridized carbons (Fsp3) is 0.250. The van der Waals surface area contributed by atoms with Gasteiger partial charge in [-0.05, 0) is 64.7 Å². The first kappa shape index (κ1) is 29.9. The zero-order valence-electron chi connectivity index (χ0n) is 24.9. The molecule has 0 radical (unpaired) electrons. The maximum absolute atomic E-state index is 13.6. The van der Waals surface area contributed by atoms with Crippen molar-refractivity contribution in [3.8, 4) is 17.2 Å². The van der Waals surface area contributed by atoms with Crippen LogP contribution >= 0.6 is 0 Å². The molecule has 0 fully saturated rings. The van der Waals surface area contributed by atoms with Gasteiger partial charge >= 0.3 is 0 Å². The van der Waals surface area contributed by atoms with E-state index in [4.69, 9.17) is 9.47 Å². The Morgan fingerprint density at radius 2 is 1.42 bits per heavy atom. The van der Waals surface area contributed by atoms with Crippen molar-refractivity contribution >= 4 is 27.5 Å². The van der Waals surface area contributed by atoms with Gasteiger partial charge in [0.05, 0.1) is 14.2 Å². The van der Waals surface area contributed by atoms with Crippen LogP contribution in [0.5, 0.6) is 17.2 Å². The summed E-state index contributed by atoms with van der Waals surface area (Å²) in [4.78, 5) is 13.6. The number of carbonyl (C=O) groups excluding carboxylic acids is 1. The van der Waals surface area contributed by atoms with E-state index in [1.165, 1.54) is 48.1 Å². The van der Waals surface area contributed by atoms with Crippen molar-refractivity contribution in [2.45, 2.75) is 24.9 Å². The van der Waals surface area contributed by atoms with Crippen molar-refractivity contribution in [2.75, 3.05) is 34.4 Å². The molecule has 0 aromatic heterocycles. The number of phenolic OH excluding ortho intramolecular Hbond substituents is 1. The lowest BCUT2D eigenvalue weighted by Gasteiger charge is -2.25. The number of hydrogen-bond acceptors (Lipinski definition) is 6. The molecule has 0 aliphatic heterocycles. The van der Waals surface area contributed by atoms with Crippen LogP contribution in [-0.4, -0.2) is 57.5 Å². The zero-order valence-corrected chi connectivity index (χ0v) is 24.9. The van der Waals surface area contributed by atoms with Crippen LogP contribution in [0.3, 0.4) is 0 Å². The molecule has 0 aliphatic carbocycles. The van der Waals surface area contributed by atoms with E-state index < -0.39 is 0 Å². The number of aromatic hydroxyl groups is 1. The lowest BCUT2D eigenvalue weighted by molar-refractivity contribution is 0.0935. The van der Waals surface area contributed by atoms with Gasteiger partial charge in [0.1, 0.15) is 0 Å². The third-order valence-electron chi connectivity index (χ3n) is 7.82. The molecule has 5 rings (SSSR count). The molecule has 0 spiro atoms. The fourth-order valence-electron chi connectivity index (χ4n) is 5.63. The average Bonchev–Trinajstić information content (AvgIpc) is 3.03. The monoisotopic (exact) mass is 577 g/mol. The average molecular weight is 578 g/mol. The minimum absolute atomic E-state index is 0.140. The van der Waals surface area contributed by atoms with Crippen LogP contribution in [0.15, 0.2) is 97.1 Å². The van der Waals surface area contributed by atoms with Crippen LogP contribution in [0, 0.1) is 0 Å². The Kier molecular flexibility index (Phi) is 9.77. The lowest BCUT2D eigenvalue weighted by atomic mass is 9.97. The first-order valence-electron chi connectivity index (χ1n) is 14.6. The summed E-state index contributed by atoms with van der Waals surface area (Å²) in [7, 11) is 4.84. The predicted octanol–water partition coefficient (Wildman–Crippen LogP) is 5.48. The highest BCUT2D eigenvalue weighted by molar-refractivity contribution is 5.96. The van der Waals surface area contributed by atoms with Crippen molar-refractivity contribution in [3.63, 3.8) is 0 Å². The number of likely N-dealkylation sites (N-methyl/N-ethyl adjacent to an activating group) is 1. The molecule has 5 aromatic rings. The van der Waals surface area contributed by atoms with Gasteiger partial charge in [0, 0.05) is 30.7 Å². The second-order valence-electron chi connectivity index (χ2n) is 10.8. The number of ether oxygens (including phenoxy) is 2.